The molecule has 0 amide bonds. The highest BCUT2D eigenvalue weighted by Gasteiger charge is 2.26. The fourth-order valence-corrected chi connectivity index (χ4v) is 1.57. The van der Waals surface area contributed by atoms with Gasteiger partial charge in [0, 0.05) is 6.21 Å². The fourth-order valence-electron chi connectivity index (χ4n) is 1.57. The number of rotatable bonds is 2. The van der Waals surface area contributed by atoms with E-state index in [1.165, 1.54) is 0 Å². The van der Waals surface area contributed by atoms with E-state index in [-0.39, 0.29) is 0 Å². The number of benzene rings is 1. The molecule has 0 bridgehead atoms. The molecule has 3 nitrogen and oxygen atoms in total. The normalized spacial score (nSPS) is 24.1. The quantitative estimate of drug-likeness (QED) is 0.791. The number of nitrogens with zero attached hydrogens (tertiary/aromatic N) is 1. The Morgan fingerprint density at radius 1 is 1.33 bits per heavy atom. The van der Waals surface area contributed by atoms with Crippen molar-refractivity contribution in [3.8, 4) is 5.75 Å². The average Bonchev–Trinajstić information content (AvgIpc) is 2.30. The first-order valence-corrected chi connectivity index (χ1v) is 4.79. The molecule has 1 aromatic carbocycles. The molecule has 0 radical (unpaired) electrons. The second-order valence-electron chi connectivity index (χ2n) is 3.50. The lowest BCUT2D eigenvalue weighted by Gasteiger charge is -2.24. The first kappa shape index (κ1) is 9.93. The monoisotopic (exact) mass is 203 g/mol. The summed E-state index contributed by atoms with van der Waals surface area (Å²) < 4.78 is 5.06. The standard InChI is InChI=1S/C12H13NO2/c1-15-11-5-3-10(4-6-11)12(14)7-2-8-13-9-12/h2-8,14H,9H2,1H3. The van der Waals surface area contributed by atoms with E-state index >= 15 is 0 Å². The molecule has 1 atom stereocenters. The largest absolute Gasteiger partial charge is 0.497 e. The molecule has 1 aliphatic heterocycles. The predicted molar refractivity (Wildman–Crippen MR) is 59.4 cm³/mol. The van der Waals surface area contributed by atoms with Gasteiger partial charge in [-0.15, -0.1) is 0 Å². The van der Waals surface area contributed by atoms with Crippen molar-refractivity contribution in [1.82, 2.24) is 0 Å². The van der Waals surface area contributed by atoms with Crippen molar-refractivity contribution >= 4 is 6.21 Å². The van der Waals surface area contributed by atoms with E-state index in [2.05, 4.69) is 4.99 Å². The zero-order chi connectivity index (χ0) is 10.7. The summed E-state index contributed by atoms with van der Waals surface area (Å²) >= 11 is 0. The predicted octanol–water partition coefficient (Wildman–Crippen LogP) is 1.52. The van der Waals surface area contributed by atoms with Crippen LogP contribution in [-0.2, 0) is 5.60 Å². The van der Waals surface area contributed by atoms with Crippen LogP contribution in [0.15, 0.2) is 41.4 Å². The highest BCUT2D eigenvalue weighted by atomic mass is 16.5. The van der Waals surface area contributed by atoms with E-state index < -0.39 is 5.60 Å². The second-order valence-corrected chi connectivity index (χ2v) is 3.50. The molecule has 1 unspecified atom stereocenters. The van der Waals surface area contributed by atoms with Gasteiger partial charge in [0.2, 0.25) is 0 Å². The summed E-state index contributed by atoms with van der Waals surface area (Å²) in [5.74, 6) is 0.783. The molecule has 0 saturated heterocycles. The van der Waals surface area contributed by atoms with Gasteiger partial charge < -0.3 is 9.84 Å². The Balaban J connectivity index is 2.29. The van der Waals surface area contributed by atoms with Gasteiger partial charge in [0.25, 0.3) is 0 Å². The lowest BCUT2D eigenvalue weighted by atomic mass is 9.92. The van der Waals surface area contributed by atoms with E-state index in [1.54, 1.807) is 25.5 Å². The van der Waals surface area contributed by atoms with Gasteiger partial charge in [-0.2, -0.15) is 0 Å². The summed E-state index contributed by atoms with van der Waals surface area (Å²) in [7, 11) is 1.62. The minimum Gasteiger partial charge on any atom is -0.497 e. The van der Waals surface area contributed by atoms with Crippen LogP contribution >= 0.6 is 0 Å². The third kappa shape index (κ3) is 1.92. The summed E-state index contributed by atoms with van der Waals surface area (Å²) in [4.78, 5) is 4.06. The van der Waals surface area contributed by atoms with Gasteiger partial charge in [-0.1, -0.05) is 12.1 Å². The Hall–Kier alpha value is -1.61. The number of methoxy groups -OCH3 is 1. The summed E-state index contributed by atoms with van der Waals surface area (Å²) in [6.07, 6.45) is 5.20. The van der Waals surface area contributed by atoms with Crippen LogP contribution in [0.2, 0.25) is 0 Å². The Kier molecular flexibility index (Phi) is 2.56. The van der Waals surface area contributed by atoms with Crippen molar-refractivity contribution in [2.45, 2.75) is 5.60 Å². The Labute approximate surface area is 88.7 Å². The number of dihydropyridines is 1. The van der Waals surface area contributed by atoms with Crippen LogP contribution in [0.5, 0.6) is 5.75 Å². The van der Waals surface area contributed by atoms with Crippen LogP contribution < -0.4 is 4.74 Å². The summed E-state index contributed by atoms with van der Waals surface area (Å²) in [6.45, 7) is 0.371. The third-order valence-electron chi connectivity index (χ3n) is 2.49. The maximum atomic E-state index is 10.3. The van der Waals surface area contributed by atoms with Crippen molar-refractivity contribution < 1.29 is 9.84 Å². The molecule has 0 saturated carbocycles. The van der Waals surface area contributed by atoms with E-state index in [4.69, 9.17) is 4.74 Å². The summed E-state index contributed by atoms with van der Waals surface area (Å²) in [5, 5.41) is 10.3. The maximum absolute atomic E-state index is 10.3. The molecular formula is C12H13NO2. The van der Waals surface area contributed by atoms with Crippen LogP contribution in [0.3, 0.4) is 0 Å². The van der Waals surface area contributed by atoms with Gasteiger partial charge in [0.1, 0.15) is 11.4 Å². The van der Waals surface area contributed by atoms with Crippen LogP contribution in [0.1, 0.15) is 5.56 Å². The zero-order valence-corrected chi connectivity index (χ0v) is 8.55. The topological polar surface area (TPSA) is 41.8 Å². The Morgan fingerprint density at radius 3 is 2.60 bits per heavy atom. The molecule has 2 rings (SSSR count). The van der Waals surface area contributed by atoms with Crippen molar-refractivity contribution in [3.05, 3.63) is 42.0 Å². The van der Waals surface area contributed by atoms with Crippen LogP contribution in [-0.4, -0.2) is 25.0 Å². The summed E-state index contributed by atoms with van der Waals surface area (Å²) in [6, 6.07) is 7.37. The van der Waals surface area contributed by atoms with E-state index in [1.807, 2.05) is 24.3 Å². The summed E-state index contributed by atoms with van der Waals surface area (Å²) in [5.41, 5.74) is -0.141. The van der Waals surface area contributed by atoms with Crippen LogP contribution in [0.4, 0.5) is 0 Å². The van der Waals surface area contributed by atoms with Gasteiger partial charge >= 0.3 is 0 Å². The highest BCUT2D eigenvalue weighted by molar-refractivity contribution is 5.72. The van der Waals surface area contributed by atoms with Crippen molar-refractivity contribution in [2.24, 2.45) is 4.99 Å². The van der Waals surface area contributed by atoms with Crippen LogP contribution in [0.25, 0.3) is 0 Å². The number of allylic oxidation sites excluding steroid dienone is 1. The first-order valence-electron chi connectivity index (χ1n) is 4.79. The number of aliphatic imine (C=N–C) groups is 1. The van der Waals surface area contributed by atoms with Gasteiger partial charge in [-0.25, -0.2) is 0 Å². The Morgan fingerprint density at radius 2 is 2.07 bits per heavy atom. The molecule has 1 aromatic rings. The minimum atomic E-state index is -0.971. The van der Waals surface area contributed by atoms with E-state index in [0.29, 0.717) is 6.54 Å². The molecule has 1 aliphatic rings. The Bertz CT molecular complexity index is 395. The molecule has 0 fully saturated rings. The lowest BCUT2D eigenvalue weighted by Crippen LogP contribution is -2.28. The van der Waals surface area contributed by atoms with Crippen molar-refractivity contribution in [1.29, 1.82) is 0 Å². The molecule has 3 heteroatoms. The molecule has 1 heterocycles. The van der Waals surface area contributed by atoms with Crippen molar-refractivity contribution in [2.75, 3.05) is 13.7 Å². The molecule has 0 spiro atoms. The maximum Gasteiger partial charge on any atom is 0.127 e. The number of hydrogen-bond donors (Lipinski definition) is 1. The fraction of sp³-hybridized carbons (Fsp3) is 0.250. The number of aliphatic hydroxyl groups is 1. The lowest BCUT2D eigenvalue weighted by molar-refractivity contribution is 0.0986. The minimum absolute atomic E-state index is 0.371. The first-order chi connectivity index (χ1) is 7.24. The molecule has 0 aliphatic carbocycles. The zero-order valence-electron chi connectivity index (χ0n) is 8.55. The molecule has 0 aromatic heterocycles. The van der Waals surface area contributed by atoms with Crippen molar-refractivity contribution in [3.63, 3.8) is 0 Å². The SMILES string of the molecule is COc1ccc(C2(O)C=CC=NC2)cc1. The van der Waals surface area contributed by atoms with E-state index in [9.17, 15) is 5.11 Å². The molecule has 1 N–H and O–H groups in total. The van der Waals surface area contributed by atoms with Crippen LogP contribution in [0, 0.1) is 0 Å². The molecule has 15 heavy (non-hydrogen) atoms. The third-order valence-corrected chi connectivity index (χ3v) is 2.49. The van der Waals surface area contributed by atoms with E-state index in [0.717, 1.165) is 11.3 Å². The number of ether oxygens (including phenoxy) is 1. The number of hydrogen-bond acceptors (Lipinski definition) is 3. The van der Waals surface area contributed by atoms with Gasteiger partial charge in [-0.05, 0) is 29.8 Å². The smallest absolute Gasteiger partial charge is 0.127 e. The highest BCUT2D eigenvalue weighted by Crippen LogP contribution is 2.26. The average molecular weight is 203 g/mol. The second kappa shape index (κ2) is 3.87. The molecule has 78 valence electrons. The van der Waals surface area contributed by atoms with Gasteiger partial charge in [-0.3, -0.25) is 4.99 Å². The van der Waals surface area contributed by atoms with Gasteiger partial charge in [0.15, 0.2) is 0 Å². The van der Waals surface area contributed by atoms with Gasteiger partial charge in [0.05, 0.1) is 13.7 Å². The molecular weight excluding hydrogens is 190 g/mol.